The molecular formula is C14H32N2O2S. The quantitative estimate of drug-likeness (QED) is 0.544. The van der Waals surface area contributed by atoms with Crippen molar-refractivity contribution >= 4 is 10.0 Å². The molecular weight excluding hydrogens is 260 g/mol. The van der Waals surface area contributed by atoms with E-state index in [1.54, 1.807) is 6.92 Å². The average molecular weight is 292 g/mol. The van der Waals surface area contributed by atoms with Crippen LogP contribution in [-0.2, 0) is 10.0 Å². The normalized spacial score (nSPS) is 15.4. The van der Waals surface area contributed by atoms with E-state index >= 15 is 0 Å². The molecule has 0 aromatic rings. The van der Waals surface area contributed by atoms with Gasteiger partial charge in [0.05, 0.1) is 5.25 Å². The molecule has 0 bridgehead atoms. The third-order valence-electron chi connectivity index (χ3n) is 3.26. The second-order valence-corrected chi connectivity index (χ2v) is 7.44. The Morgan fingerprint density at radius 1 is 1.00 bits per heavy atom. The summed E-state index contributed by atoms with van der Waals surface area (Å²) in [4.78, 5) is 0. The molecule has 0 aliphatic heterocycles. The predicted molar refractivity (Wildman–Crippen MR) is 82.9 cm³/mol. The molecule has 0 saturated carbocycles. The number of rotatable bonds is 12. The van der Waals surface area contributed by atoms with E-state index in [2.05, 4.69) is 30.8 Å². The standard InChI is InChI=1S/C14H32N2O2S/c1-5-8-10-14(9-6-2)16-19(17,18)13(4)12-15-11-7-3/h13-16H,5-12H2,1-4H3. The minimum atomic E-state index is -3.21. The molecule has 0 heterocycles. The SMILES string of the molecule is CCCCC(CCC)NS(=O)(=O)C(C)CNCCC. The molecule has 4 nitrogen and oxygen atoms in total. The number of hydrogen-bond acceptors (Lipinski definition) is 3. The van der Waals surface area contributed by atoms with Crippen LogP contribution in [0.15, 0.2) is 0 Å². The van der Waals surface area contributed by atoms with Crippen molar-refractivity contribution in [3.8, 4) is 0 Å². The Morgan fingerprint density at radius 2 is 1.68 bits per heavy atom. The van der Waals surface area contributed by atoms with E-state index in [1.165, 1.54) is 0 Å². The van der Waals surface area contributed by atoms with Crippen molar-refractivity contribution in [1.29, 1.82) is 0 Å². The van der Waals surface area contributed by atoms with Gasteiger partial charge in [-0.15, -0.1) is 0 Å². The Kier molecular flexibility index (Phi) is 10.6. The lowest BCUT2D eigenvalue weighted by atomic mass is 10.1. The first-order valence-electron chi connectivity index (χ1n) is 7.69. The van der Waals surface area contributed by atoms with E-state index in [0.717, 1.165) is 45.1 Å². The second kappa shape index (κ2) is 10.6. The minimum absolute atomic E-state index is 0.101. The van der Waals surface area contributed by atoms with E-state index < -0.39 is 10.0 Å². The largest absolute Gasteiger partial charge is 0.315 e. The fraction of sp³-hybridized carbons (Fsp3) is 1.00. The third-order valence-corrected chi connectivity index (χ3v) is 5.15. The van der Waals surface area contributed by atoms with Crippen LogP contribution in [0.3, 0.4) is 0 Å². The number of sulfonamides is 1. The molecule has 0 aromatic carbocycles. The third kappa shape index (κ3) is 8.60. The van der Waals surface area contributed by atoms with Crippen molar-refractivity contribution in [2.45, 2.75) is 77.5 Å². The number of hydrogen-bond donors (Lipinski definition) is 2. The highest BCUT2D eigenvalue weighted by Crippen LogP contribution is 2.10. The van der Waals surface area contributed by atoms with E-state index in [-0.39, 0.29) is 11.3 Å². The molecule has 0 aliphatic carbocycles. The van der Waals surface area contributed by atoms with Crippen LogP contribution in [0.1, 0.15) is 66.2 Å². The molecule has 0 saturated heterocycles. The summed E-state index contributed by atoms with van der Waals surface area (Å²) in [7, 11) is -3.21. The Bertz CT molecular complexity index is 305. The zero-order valence-corrected chi connectivity index (χ0v) is 13.9. The van der Waals surface area contributed by atoms with E-state index in [1.807, 2.05) is 0 Å². The molecule has 116 valence electrons. The summed E-state index contributed by atoms with van der Waals surface area (Å²) in [6, 6.07) is 0.101. The van der Waals surface area contributed by atoms with Crippen LogP contribution in [0.4, 0.5) is 0 Å². The first kappa shape index (κ1) is 18.9. The number of nitrogens with one attached hydrogen (secondary N) is 2. The highest BCUT2D eigenvalue weighted by molar-refractivity contribution is 7.90. The van der Waals surface area contributed by atoms with Crippen LogP contribution < -0.4 is 10.0 Å². The monoisotopic (exact) mass is 292 g/mol. The molecule has 5 heteroatoms. The van der Waals surface area contributed by atoms with Gasteiger partial charge in [0.2, 0.25) is 10.0 Å². The highest BCUT2D eigenvalue weighted by atomic mass is 32.2. The van der Waals surface area contributed by atoms with Gasteiger partial charge in [0, 0.05) is 12.6 Å². The first-order valence-corrected chi connectivity index (χ1v) is 9.24. The molecule has 19 heavy (non-hydrogen) atoms. The van der Waals surface area contributed by atoms with Gasteiger partial charge in [0.1, 0.15) is 0 Å². The van der Waals surface area contributed by atoms with Gasteiger partial charge in [-0.1, -0.05) is 40.0 Å². The Morgan fingerprint density at radius 3 is 2.21 bits per heavy atom. The van der Waals surface area contributed by atoms with Gasteiger partial charge in [0.15, 0.2) is 0 Å². The predicted octanol–water partition coefficient (Wildman–Crippen LogP) is 2.65. The fourth-order valence-corrected chi connectivity index (χ4v) is 3.27. The van der Waals surface area contributed by atoms with Crippen LogP contribution in [0.2, 0.25) is 0 Å². The lowest BCUT2D eigenvalue weighted by molar-refractivity contribution is 0.477. The van der Waals surface area contributed by atoms with E-state index in [0.29, 0.717) is 6.54 Å². The molecule has 0 aromatic heterocycles. The summed E-state index contributed by atoms with van der Waals surface area (Å²) in [5, 5.41) is 2.80. The molecule has 0 aliphatic rings. The van der Waals surface area contributed by atoms with Crippen LogP contribution in [0, 0.1) is 0 Å². The van der Waals surface area contributed by atoms with E-state index in [4.69, 9.17) is 0 Å². The Hall–Kier alpha value is -0.130. The van der Waals surface area contributed by atoms with E-state index in [9.17, 15) is 8.42 Å². The maximum atomic E-state index is 12.2. The summed E-state index contributed by atoms with van der Waals surface area (Å²) < 4.78 is 27.3. The molecule has 0 fully saturated rings. The van der Waals surface area contributed by atoms with Crippen molar-refractivity contribution in [1.82, 2.24) is 10.0 Å². The minimum Gasteiger partial charge on any atom is -0.315 e. The fourth-order valence-electron chi connectivity index (χ4n) is 2.00. The summed E-state index contributed by atoms with van der Waals surface area (Å²) in [6.07, 6.45) is 6.09. The summed E-state index contributed by atoms with van der Waals surface area (Å²) in [6.45, 7) is 9.47. The maximum absolute atomic E-state index is 12.2. The lowest BCUT2D eigenvalue weighted by Gasteiger charge is -2.21. The van der Waals surface area contributed by atoms with Gasteiger partial charge in [-0.2, -0.15) is 0 Å². The summed E-state index contributed by atoms with van der Waals surface area (Å²) in [5.74, 6) is 0. The van der Waals surface area contributed by atoms with Crippen LogP contribution in [-0.4, -0.2) is 32.8 Å². The van der Waals surface area contributed by atoms with Crippen LogP contribution >= 0.6 is 0 Å². The zero-order chi connectivity index (χ0) is 14.7. The zero-order valence-electron chi connectivity index (χ0n) is 13.0. The molecule has 2 N–H and O–H groups in total. The first-order chi connectivity index (χ1) is 8.97. The maximum Gasteiger partial charge on any atom is 0.215 e. The van der Waals surface area contributed by atoms with Gasteiger partial charge >= 0.3 is 0 Å². The summed E-state index contributed by atoms with van der Waals surface area (Å²) in [5.41, 5.74) is 0. The molecule has 0 rings (SSSR count). The topological polar surface area (TPSA) is 58.2 Å². The highest BCUT2D eigenvalue weighted by Gasteiger charge is 2.23. The van der Waals surface area contributed by atoms with Crippen molar-refractivity contribution in [2.75, 3.05) is 13.1 Å². The smallest absolute Gasteiger partial charge is 0.215 e. The van der Waals surface area contributed by atoms with Gasteiger partial charge in [-0.25, -0.2) is 13.1 Å². The van der Waals surface area contributed by atoms with Crippen LogP contribution in [0.5, 0.6) is 0 Å². The van der Waals surface area contributed by atoms with Gasteiger partial charge in [0.25, 0.3) is 0 Å². The van der Waals surface area contributed by atoms with Crippen molar-refractivity contribution in [3.05, 3.63) is 0 Å². The van der Waals surface area contributed by atoms with Crippen molar-refractivity contribution in [3.63, 3.8) is 0 Å². The Labute approximate surface area is 119 Å². The van der Waals surface area contributed by atoms with Gasteiger partial charge in [-0.3, -0.25) is 0 Å². The Balaban J connectivity index is 4.34. The van der Waals surface area contributed by atoms with Crippen LogP contribution in [0.25, 0.3) is 0 Å². The van der Waals surface area contributed by atoms with Crippen molar-refractivity contribution < 1.29 is 8.42 Å². The van der Waals surface area contributed by atoms with Gasteiger partial charge < -0.3 is 5.32 Å². The molecule has 0 spiro atoms. The lowest BCUT2D eigenvalue weighted by Crippen LogP contribution is -2.43. The average Bonchev–Trinajstić information content (AvgIpc) is 2.36. The number of unbranched alkanes of at least 4 members (excludes halogenated alkanes) is 1. The summed E-state index contributed by atoms with van der Waals surface area (Å²) >= 11 is 0. The van der Waals surface area contributed by atoms with Gasteiger partial charge in [-0.05, 0) is 32.7 Å². The second-order valence-electron chi connectivity index (χ2n) is 5.31. The molecule has 2 atom stereocenters. The van der Waals surface area contributed by atoms with Crippen molar-refractivity contribution in [2.24, 2.45) is 0 Å². The molecule has 0 radical (unpaired) electrons. The molecule has 2 unspecified atom stereocenters. The molecule has 0 amide bonds.